The molecule has 0 saturated heterocycles. The molecule has 0 atom stereocenters. The number of nitrogens with one attached hydrogen (secondary N) is 2. The lowest BCUT2D eigenvalue weighted by atomic mass is 10.3. The van der Waals surface area contributed by atoms with Gasteiger partial charge in [-0.2, -0.15) is 0 Å². The predicted molar refractivity (Wildman–Crippen MR) is 64.7 cm³/mol. The summed E-state index contributed by atoms with van der Waals surface area (Å²) in [5.41, 5.74) is -1.34. The van der Waals surface area contributed by atoms with Gasteiger partial charge in [-0.15, -0.1) is 0 Å². The van der Waals surface area contributed by atoms with Gasteiger partial charge in [0.1, 0.15) is 5.69 Å². The molecule has 0 aromatic heterocycles. The molecule has 1 aliphatic rings. The van der Waals surface area contributed by atoms with E-state index < -0.39 is 44.7 Å². The van der Waals surface area contributed by atoms with Crippen molar-refractivity contribution in [2.45, 2.75) is 18.9 Å². The summed E-state index contributed by atoms with van der Waals surface area (Å²) in [6, 6.07) is 0.280. The van der Waals surface area contributed by atoms with Crippen LogP contribution in [0.4, 0.5) is 23.2 Å². The van der Waals surface area contributed by atoms with Gasteiger partial charge < -0.3 is 5.32 Å². The molecule has 1 aromatic carbocycles. The van der Waals surface area contributed by atoms with Crippen molar-refractivity contribution in [2.24, 2.45) is 0 Å². The van der Waals surface area contributed by atoms with Gasteiger partial charge in [-0.3, -0.25) is 4.72 Å². The van der Waals surface area contributed by atoms with E-state index in [1.165, 1.54) is 4.72 Å². The molecule has 1 saturated carbocycles. The number of rotatable bonds is 6. The molecule has 2 rings (SSSR count). The smallest absolute Gasteiger partial charge is 0.234 e. The van der Waals surface area contributed by atoms with E-state index in [4.69, 9.17) is 0 Å². The molecule has 0 aliphatic heterocycles. The average Bonchev–Trinajstić information content (AvgIpc) is 3.16. The number of sulfonamides is 1. The normalized spacial score (nSPS) is 15.4. The number of benzene rings is 1. The fourth-order valence-corrected chi connectivity index (χ4v) is 2.53. The second-order valence-electron chi connectivity index (χ2n) is 4.49. The third-order valence-electron chi connectivity index (χ3n) is 2.75. The zero-order chi connectivity index (χ0) is 14.9. The van der Waals surface area contributed by atoms with E-state index in [0.717, 1.165) is 12.8 Å². The first-order valence-electron chi connectivity index (χ1n) is 5.87. The molecule has 0 bridgehead atoms. The Labute approximate surface area is 113 Å². The summed E-state index contributed by atoms with van der Waals surface area (Å²) in [5.74, 6) is -7.35. The Kier molecular flexibility index (Phi) is 4.19. The molecular weight excluding hydrogens is 300 g/mol. The highest BCUT2D eigenvalue weighted by atomic mass is 32.2. The monoisotopic (exact) mass is 312 g/mol. The minimum Gasteiger partial charge on any atom is -0.313 e. The van der Waals surface area contributed by atoms with Crippen molar-refractivity contribution in [3.05, 3.63) is 29.3 Å². The quantitative estimate of drug-likeness (QED) is 0.621. The van der Waals surface area contributed by atoms with Crippen LogP contribution in [0.15, 0.2) is 6.07 Å². The second kappa shape index (κ2) is 5.57. The van der Waals surface area contributed by atoms with Gasteiger partial charge >= 0.3 is 0 Å². The van der Waals surface area contributed by atoms with Crippen LogP contribution in [0.2, 0.25) is 0 Å². The molecule has 9 heteroatoms. The van der Waals surface area contributed by atoms with E-state index in [0.29, 0.717) is 0 Å². The molecule has 1 aromatic rings. The zero-order valence-electron chi connectivity index (χ0n) is 10.2. The Morgan fingerprint density at radius 2 is 1.65 bits per heavy atom. The van der Waals surface area contributed by atoms with E-state index in [2.05, 4.69) is 5.32 Å². The molecule has 1 fully saturated rings. The molecule has 112 valence electrons. The van der Waals surface area contributed by atoms with Gasteiger partial charge in [0.05, 0.1) is 5.75 Å². The van der Waals surface area contributed by atoms with Crippen molar-refractivity contribution in [2.75, 3.05) is 17.0 Å². The highest BCUT2D eigenvalue weighted by Crippen LogP contribution is 2.25. The maximum absolute atomic E-state index is 13.3. The molecule has 0 spiro atoms. The summed E-state index contributed by atoms with van der Waals surface area (Å²) < 4.78 is 77.2. The van der Waals surface area contributed by atoms with Crippen LogP contribution < -0.4 is 10.0 Å². The first-order chi connectivity index (χ1) is 9.30. The van der Waals surface area contributed by atoms with Gasteiger partial charge in [-0.1, -0.05) is 0 Å². The van der Waals surface area contributed by atoms with E-state index in [-0.39, 0.29) is 18.7 Å². The molecule has 0 amide bonds. The van der Waals surface area contributed by atoms with Crippen molar-refractivity contribution in [3.8, 4) is 0 Å². The van der Waals surface area contributed by atoms with Crippen molar-refractivity contribution in [1.29, 1.82) is 0 Å². The lowest BCUT2D eigenvalue weighted by molar-refractivity contribution is 0.459. The van der Waals surface area contributed by atoms with Crippen LogP contribution in [0.1, 0.15) is 12.8 Å². The topological polar surface area (TPSA) is 58.2 Å². The summed E-state index contributed by atoms with van der Waals surface area (Å²) in [5, 5.41) is 2.90. The second-order valence-corrected chi connectivity index (χ2v) is 6.33. The van der Waals surface area contributed by atoms with Crippen LogP contribution in [-0.2, 0) is 10.0 Å². The third kappa shape index (κ3) is 3.60. The SMILES string of the molecule is O=S(=O)(CCNC1CC1)Nc1c(F)c(F)cc(F)c1F. The Morgan fingerprint density at radius 3 is 2.15 bits per heavy atom. The lowest BCUT2D eigenvalue weighted by Gasteiger charge is -2.11. The molecule has 0 heterocycles. The Bertz CT molecular complexity index is 591. The van der Waals surface area contributed by atoms with E-state index in [1.807, 2.05) is 0 Å². The molecule has 20 heavy (non-hydrogen) atoms. The van der Waals surface area contributed by atoms with E-state index in [9.17, 15) is 26.0 Å². The van der Waals surface area contributed by atoms with Gasteiger partial charge in [-0.05, 0) is 12.8 Å². The highest BCUT2D eigenvalue weighted by Gasteiger charge is 2.24. The van der Waals surface area contributed by atoms with Gasteiger partial charge in [0, 0.05) is 18.7 Å². The first-order valence-corrected chi connectivity index (χ1v) is 7.52. The summed E-state index contributed by atoms with van der Waals surface area (Å²) in [6.45, 7) is 0.0844. The fraction of sp³-hybridized carbons (Fsp3) is 0.455. The van der Waals surface area contributed by atoms with Crippen molar-refractivity contribution in [1.82, 2.24) is 5.32 Å². The maximum Gasteiger partial charge on any atom is 0.234 e. The van der Waals surface area contributed by atoms with Gasteiger partial charge in [0.25, 0.3) is 0 Å². The summed E-state index contributed by atoms with van der Waals surface area (Å²) in [4.78, 5) is 0. The van der Waals surface area contributed by atoms with Crippen LogP contribution in [-0.4, -0.2) is 26.8 Å². The van der Waals surface area contributed by atoms with E-state index >= 15 is 0 Å². The lowest BCUT2D eigenvalue weighted by Crippen LogP contribution is -2.28. The summed E-state index contributed by atoms with van der Waals surface area (Å²) in [7, 11) is -4.11. The van der Waals surface area contributed by atoms with Crippen molar-refractivity contribution in [3.63, 3.8) is 0 Å². The van der Waals surface area contributed by atoms with Crippen LogP contribution in [0, 0.1) is 23.3 Å². The number of halogens is 4. The Morgan fingerprint density at radius 1 is 1.10 bits per heavy atom. The average molecular weight is 312 g/mol. The number of anilines is 1. The summed E-state index contributed by atoms with van der Waals surface area (Å²) >= 11 is 0. The Balaban J connectivity index is 2.11. The molecular formula is C11H12F4N2O2S. The van der Waals surface area contributed by atoms with Gasteiger partial charge in [-0.25, -0.2) is 26.0 Å². The fourth-order valence-electron chi connectivity index (χ4n) is 1.55. The molecule has 0 radical (unpaired) electrons. The maximum atomic E-state index is 13.3. The zero-order valence-corrected chi connectivity index (χ0v) is 11.0. The minimum atomic E-state index is -4.11. The standard InChI is InChI=1S/C11H12F4N2O2S/c12-7-5-8(13)10(15)11(9(7)14)17-20(18,19)4-3-16-6-1-2-6/h5-6,16-17H,1-4H2. The summed E-state index contributed by atoms with van der Waals surface area (Å²) in [6.07, 6.45) is 1.90. The number of hydrogen-bond donors (Lipinski definition) is 2. The van der Waals surface area contributed by atoms with Crippen LogP contribution >= 0.6 is 0 Å². The molecule has 2 N–H and O–H groups in total. The third-order valence-corrected chi connectivity index (χ3v) is 4.01. The molecule has 1 aliphatic carbocycles. The highest BCUT2D eigenvalue weighted by molar-refractivity contribution is 7.92. The van der Waals surface area contributed by atoms with E-state index in [1.54, 1.807) is 0 Å². The first kappa shape index (κ1) is 15.0. The minimum absolute atomic E-state index is 0.0110. The predicted octanol–water partition coefficient (Wildman–Crippen LogP) is 1.74. The molecule has 4 nitrogen and oxygen atoms in total. The van der Waals surface area contributed by atoms with Gasteiger partial charge in [0.15, 0.2) is 23.3 Å². The Hall–Kier alpha value is -1.35. The van der Waals surface area contributed by atoms with Crippen LogP contribution in [0.25, 0.3) is 0 Å². The largest absolute Gasteiger partial charge is 0.313 e. The van der Waals surface area contributed by atoms with Crippen molar-refractivity contribution >= 4 is 15.7 Å². The molecule has 0 unspecified atom stereocenters. The van der Waals surface area contributed by atoms with Crippen LogP contribution in [0.3, 0.4) is 0 Å². The van der Waals surface area contributed by atoms with Gasteiger partial charge in [0.2, 0.25) is 10.0 Å². The number of hydrogen-bond acceptors (Lipinski definition) is 3. The van der Waals surface area contributed by atoms with Crippen molar-refractivity contribution < 1.29 is 26.0 Å². The van der Waals surface area contributed by atoms with Crippen LogP contribution in [0.5, 0.6) is 0 Å².